The van der Waals surface area contributed by atoms with Gasteiger partial charge in [-0.05, 0) is 29.8 Å². The zero-order valence-electron chi connectivity index (χ0n) is 15.7. The maximum atomic E-state index is 12.8. The Kier molecular flexibility index (Phi) is 4.93. The number of nitrogens with zero attached hydrogens (tertiary/aromatic N) is 3. The van der Waals surface area contributed by atoms with Crippen molar-refractivity contribution < 1.29 is 9.53 Å². The Bertz CT molecular complexity index is 1040. The van der Waals surface area contributed by atoms with Crippen LogP contribution in [0.5, 0.6) is 5.75 Å². The first-order valence-corrected chi connectivity index (χ1v) is 9.21. The number of methoxy groups -OCH3 is 1. The number of hydrogen-bond donors (Lipinski definition) is 0. The molecule has 4 rings (SSSR count). The predicted octanol–water partition coefficient (Wildman–Crippen LogP) is 2.50. The molecule has 0 fully saturated rings. The summed E-state index contributed by atoms with van der Waals surface area (Å²) in [5.74, 6) is 0.658. The van der Waals surface area contributed by atoms with E-state index in [2.05, 4.69) is 5.10 Å². The third-order valence-corrected chi connectivity index (χ3v) is 4.94. The van der Waals surface area contributed by atoms with Gasteiger partial charge in [-0.15, -0.1) is 0 Å². The van der Waals surface area contributed by atoms with E-state index in [4.69, 9.17) is 4.74 Å². The van der Waals surface area contributed by atoms with Gasteiger partial charge in [0.15, 0.2) is 0 Å². The molecule has 0 saturated heterocycles. The van der Waals surface area contributed by atoms with Crippen LogP contribution < -0.4 is 10.3 Å². The van der Waals surface area contributed by atoms with Crippen LogP contribution in [-0.2, 0) is 19.5 Å². The summed E-state index contributed by atoms with van der Waals surface area (Å²) in [5.41, 5.74) is 3.19. The predicted molar refractivity (Wildman–Crippen MR) is 105 cm³/mol. The van der Waals surface area contributed by atoms with Gasteiger partial charge in [-0.3, -0.25) is 9.59 Å². The molecular weight excluding hydrogens is 354 g/mol. The largest absolute Gasteiger partial charge is 0.497 e. The van der Waals surface area contributed by atoms with Gasteiger partial charge >= 0.3 is 0 Å². The molecule has 2 aromatic carbocycles. The topological polar surface area (TPSA) is 64.4 Å². The molecule has 0 unspecified atom stereocenters. The highest BCUT2D eigenvalue weighted by Gasteiger charge is 2.23. The monoisotopic (exact) mass is 375 g/mol. The van der Waals surface area contributed by atoms with Crippen LogP contribution in [0.4, 0.5) is 0 Å². The molecule has 1 aliphatic rings. The second kappa shape index (κ2) is 7.68. The fourth-order valence-electron chi connectivity index (χ4n) is 3.40. The molecule has 1 amide bonds. The van der Waals surface area contributed by atoms with E-state index in [0.717, 1.165) is 16.8 Å². The van der Waals surface area contributed by atoms with Crippen molar-refractivity contribution in [3.63, 3.8) is 0 Å². The number of benzene rings is 2. The van der Waals surface area contributed by atoms with Crippen molar-refractivity contribution >= 4 is 5.91 Å². The second-order valence-corrected chi connectivity index (χ2v) is 6.80. The molecule has 0 spiro atoms. The van der Waals surface area contributed by atoms with Crippen LogP contribution in [0, 0.1) is 0 Å². The Labute approximate surface area is 163 Å². The number of hydrogen-bond acceptors (Lipinski definition) is 4. The molecule has 0 N–H and O–H groups in total. The molecule has 6 nitrogen and oxygen atoms in total. The van der Waals surface area contributed by atoms with E-state index < -0.39 is 0 Å². The first kappa shape index (κ1) is 18.0. The lowest BCUT2D eigenvalue weighted by Gasteiger charge is -2.28. The number of ether oxygens (including phenoxy) is 1. The second-order valence-electron chi connectivity index (χ2n) is 6.80. The Morgan fingerprint density at radius 3 is 2.57 bits per heavy atom. The van der Waals surface area contributed by atoms with Crippen LogP contribution in [0.25, 0.3) is 0 Å². The SMILES string of the molecule is COc1ccc(C(=O)N2CCc3nn(Cc4ccccc4)c(=O)cc3C2)cc1. The van der Waals surface area contributed by atoms with Crippen LogP contribution in [0.1, 0.15) is 27.2 Å². The molecule has 2 heterocycles. The Morgan fingerprint density at radius 2 is 1.86 bits per heavy atom. The minimum atomic E-state index is -0.152. The van der Waals surface area contributed by atoms with Gasteiger partial charge in [0.05, 0.1) is 19.3 Å². The molecule has 1 aromatic heterocycles. The van der Waals surface area contributed by atoms with E-state index in [0.29, 0.717) is 37.4 Å². The lowest BCUT2D eigenvalue weighted by atomic mass is 10.1. The standard InChI is InChI=1S/C22H21N3O3/c1-28-19-9-7-17(8-10-19)22(27)24-12-11-20-18(15-24)13-21(26)25(23-20)14-16-5-3-2-4-6-16/h2-10,13H,11-12,14-15H2,1H3. The minimum absolute atomic E-state index is 0.0539. The summed E-state index contributed by atoms with van der Waals surface area (Å²) < 4.78 is 6.63. The molecular formula is C22H21N3O3. The van der Waals surface area contributed by atoms with E-state index in [-0.39, 0.29) is 11.5 Å². The molecule has 0 atom stereocenters. The van der Waals surface area contributed by atoms with Gasteiger partial charge in [-0.25, -0.2) is 4.68 Å². The van der Waals surface area contributed by atoms with E-state index >= 15 is 0 Å². The molecule has 3 aromatic rings. The quantitative estimate of drug-likeness (QED) is 0.703. The number of carbonyl (C=O) groups excluding carboxylic acids is 1. The van der Waals surface area contributed by atoms with E-state index in [9.17, 15) is 9.59 Å². The average Bonchev–Trinajstić information content (AvgIpc) is 2.74. The summed E-state index contributed by atoms with van der Waals surface area (Å²) in [6.07, 6.45) is 0.631. The maximum Gasteiger partial charge on any atom is 0.267 e. The zero-order valence-corrected chi connectivity index (χ0v) is 15.7. The van der Waals surface area contributed by atoms with Gasteiger partial charge in [-0.2, -0.15) is 5.10 Å². The Balaban J connectivity index is 1.53. The number of fused-ring (bicyclic) bond motifs is 1. The first-order chi connectivity index (χ1) is 13.6. The summed E-state index contributed by atoms with van der Waals surface area (Å²) in [4.78, 5) is 27.0. The van der Waals surface area contributed by atoms with Gasteiger partial charge in [0, 0.05) is 36.7 Å². The maximum absolute atomic E-state index is 12.8. The van der Waals surface area contributed by atoms with Crippen LogP contribution in [0.15, 0.2) is 65.5 Å². The first-order valence-electron chi connectivity index (χ1n) is 9.21. The lowest BCUT2D eigenvalue weighted by molar-refractivity contribution is 0.0732. The highest BCUT2D eigenvalue weighted by molar-refractivity contribution is 5.94. The minimum Gasteiger partial charge on any atom is -0.497 e. The van der Waals surface area contributed by atoms with Gasteiger partial charge < -0.3 is 9.64 Å². The van der Waals surface area contributed by atoms with Crippen molar-refractivity contribution in [3.05, 3.63) is 93.4 Å². The highest BCUT2D eigenvalue weighted by Crippen LogP contribution is 2.19. The molecule has 0 radical (unpaired) electrons. The van der Waals surface area contributed by atoms with Crippen molar-refractivity contribution in [1.29, 1.82) is 0 Å². The molecule has 1 aliphatic heterocycles. The third kappa shape index (κ3) is 3.67. The van der Waals surface area contributed by atoms with Crippen molar-refractivity contribution in [2.24, 2.45) is 0 Å². The van der Waals surface area contributed by atoms with E-state index in [1.807, 2.05) is 30.3 Å². The van der Waals surface area contributed by atoms with Crippen molar-refractivity contribution in [1.82, 2.24) is 14.7 Å². The summed E-state index contributed by atoms with van der Waals surface area (Å²) in [6.45, 7) is 1.42. The lowest BCUT2D eigenvalue weighted by Crippen LogP contribution is -2.38. The molecule has 0 bridgehead atoms. The summed E-state index contributed by atoms with van der Waals surface area (Å²) >= 11 is 0. The molecule has 28 heavy (non-hydrogen) atoms. The van der Waals surface area contributed by atoms with Crippen LogP contribution in [-0.4, -0.2) is 34.2 Å². The van der Waals surface area contributed by atoms with Gasteiger partial charge in [-0.1, -0.05) is 30.3 Å². The van der Waals surface area contributed by atoms with Crippen molar-refractivity contribution in [3.8, 4) is 5.75 Å². The Morgan fingerprint density at radius 1 is 1.11 bits per heavy atom. The molecule has 0 aliphatic carbocycles. The molecule has 142 valence electrons. The third-order valence-electron chi connectivity index (χ3n) is 4.94. The summed E-state index contributed by atoms with van der Waals surface area (Å²) in [5, 5.41) is 4.55. The fourth-order valence-corrected chi connectivity index (χ4v) is 3.40. The van der Waals surface area contributed by atoms with Gasteiger partial charge in [0.1, 0.15) is 5.75 Å². The number of aromatic nitrogens is 2. The summed E-state index contributed by atoms with van der Waals surface area (Å²) in [7, 11) is 1.59. The molecule has 0 saturated carbocycles. The highest BCUT2D eigenvalue weighted by atomic mass is 16.5. The number of amides is 1. The van der Waals surface area contributed by atoms with Crippen molar-refractivity contribution in [2.45, 2.75) is 19.5 Å². The van der Waals surface area contributed by atoms with Crippen LogP contribution >= 0.6 is 0 Å². The average molecular weight is 375 g/mol. The summed E-state index contributed by atoms with van der Waals surface area (Å²) in [6, 6.07) is 18.5. The number of rotatable bonds is 4. The normalized spacial score (nSPS) is 13.1. The van der Waals surface area contributed by atoms with Gasteiger partial charge in [0.25, 0.3) is 11.5 Å². The van der Waals surface area contributed by atoms with Crippen LogP contribution in [0.3, 0.4) is 0 Å². The molecule has 6 heteroatoms. The van der Waals surface area contributed by atoms with E-state index in [1.54, 1.807) is 42.3 Å². The zero-order chi connectivity index (χ0) is 19.5. The van der Waals surface area contributed by atoms with Crippen molar-refractivity contribution in [2.75, 3.05) is 13.7 Å². The van der Waals surface area contributed by atoms with E-state index in [1.165, 1.54) is 4.68 Å². The van der Waals surface area contributed by atoms with Gasteiger partial charge in [0.2, 0.25) is 0 Å². The number of carbonyl (C=O) groups is 1. The van der Waals surface area contributed by atoms with Crippen LogP contribution in [0.2, 0.25) is 0 Å². The Hall–Kier alpha value is -3.41. The fraction of sp³-hybridized carbons (Fsp3) is 0.227. The smallest absolute Gasteiger partial charge is 0.267 e.